The third-order valence-corrected chi connectivity index (χ3v) is 4.57. The highest BCUT2D eigenvalue weighted by Crippen LogP contribution is 2.47. The van der Waals surface area contributed by atoms with Crippen LogP contribution < -0.4 is 0 Å². The molecule has 1 spiro atoms. The Morgan fingerprint density at radius 2 is 1.94 bits per heavy atom. The minimum atomic E-state index is 0.108. The maximum absolute atomic E-state index is 11.4. The number of likely N-dealkylation sites (tertiary alicyclic amines) is 1. The van der Waals surface area contributed by atoms with E-state index in [1.54, 1.807) is 0 Å². The fourth-order valence-corrected chi connectivity index (χ4v) is 3.28. The Morgan fingerprint density at radius 3 is 2.38 bits per heavy atom. The Bertz CT molecular complexity index is 279. The predicted octanol–water partition coefficient (Wildman–Crippen LogP) is 2.85. The van der Waals surface area contributed by atoms with Gasteiger partial charge in [-0.05, 0) is 43.6 Å². The molecule has 1 saturated heterocycles. The van der Waals surface area contributed by atoms with Crippen molar-refractivity contribution in [1.82, 2.24) is 4.90 Å². The van der Waals surface area contributed by atoms with Crippen LogP contribution in [0.25, 0.3) is 0 Å². The zero-order chi connectivity index (χ0) is 11.8. The van der Waals surface area contributed by atoms with E-state index in [0.717, 1.165) is 24.9 Å². The molecule has 2 aliphatic rings. The highest BCUT2D eigenvalue weighted by molar-refractivity contribution is 5.87. The quantitative estimate of drug-likeness (QED) is 0.657. The number of carbonyl (C=O) groups excluding carboxylic acids is 1. The molecule has 0 unspecified atom stereocenters. The molecule has 1 amide bonds. The Hall–Kier alpha value is -0.790. The zero-order valence-corrected chi connectivity index (χ0v) is 10.5. The lowest BCUT2D eigenvalue weighted by Gasteiger charge is -2.53. The second kappa shape index (κ2) is 4.23. The standard InChI is InChI=1S/C14H23NO/c1-4-13(16)15-9-14(10-15)7-5-12(6-8-14)11(2)3/h4,11-12H,1,5-10H2,2-3H3. The summed E-state index contributed by atoms with van der Waals surface area (Å²) in [7, 11) is 0. The summed E-state index contributed by atoms with van der Waals surface area (Å²) in [6.45, 7) is 10.2. The van der Waals surface area contributed by atoms with Gasteiger partial charge in [-0.3, -0.25) is 4.79 Å². The molecule has 2 heteroatoms. The van der Waals surface area contributed by atoms with E-state index in [9.17, 15) is 4.79 Å². The highest BCUT2D eigenvalue weighted by atomic mass is 16.2. The Morgan fingerprint density at radius 1 is 1.38 bits per heavy atom. The molecule has 0 aromatic heterocycles. The van der Waals surface area contributed by atoms with E-state index in [-0.39, 0.29) is 5.91 Å². The summed E-state index contributed by atoms with van der Waals surface area (Å²) in [5.74, 6) is 1.84. The molecule has 2 rings (SSSR count). The van der Waals surface area contributed by atoms with E-state index < -0.39 is 0 Å². The lowest BCUT2D eigenvalue weighted by molar-refractivity contribution is -0.141. The van der Waals surface area contributed by atoms with Crippen molar-refractivity contribution in [1.29, 1.82) is 0 Å². The zero-order valence-electron chi connectivity index (χ0n) is 10.5. The summed E-state index contributed by atoms with van der Waals surface area (Å²) >= 11 is 0. The van der Waals surface area contributed by atoms with Crippen LogP contribution in [0.5, 0.6) is 0 Å². The van der Waals surface area contributed by atoms with E-state index >= 15 is 0 Å². The third-order valence-electron chi connectivity index (χ3n) is 4.57. The SMILES string of the molecule is C=CC(=O)N1CC2(CCC(C(C)C)CC2)C1. The minimum Gasteiger partial charge on any atom is -0.338 e. The fraction of sp³-hybridized carbons (Fsp3) is 0.786. The van der Waals surface area contributed by atoms with Crippen molar-refractivity contribution in [3.63, 3.8) is 0 Å². The smallest absolute Gasteiger partial charge is 0.245 e. The topological polar surface area (TPSA) is 20.3 Å². The van der Waals surface area contributed by atoms with Gasteiger partial charge in [0.05, 0.1) is 0 Å². The summed E-state index contributed by atoms with van der Waals surface area (Å²) in [4.78, 5) is 13.3. The van der Waals surface area contributed by atoms with Crippen LogP contribution in [0.2, 0.25) is 0 Å². The molecule has 1 aliphatic heterocycles. The molecule has 0 bridgehead atoms. The molecule has 0 N–H and O–H groups in total. The average molecular weight is 221 g/mol. The van der Waals surface area contributed by atoms with Gasteiger partial charge < -0.3 is 4.90 Å². The summed E-state index contributed by atoms with van der Waals surface area (Å²) < 4.78 is 0. The van der Waals surface area contributed by atoms with Crippen molar-refractivity contribution in [2.75, 3.05) is 13.1 Å². The van der Waals surface area contributed by atoms with E-state index in [1.807, 2.05) is 4.90 Å². The molecular formula is C14H23NO. The normalized spacial score (nSPS) is 24.6. The molecule has 0 aromatic rings. The Kier molecular flexibility index (Phi) is 3.09. The number of carbonyl (C=O) groups is 1. The van der Waals surface area contributed by atoms with E-state index in [0.29, 0.717) is 5.41 Å². The number of rotatable bonds is 2. The van der Waals surface area contributed by atoms with Crippen molar-refractivity contribution in [2.45, 2.75) is 39.5 Å². The third kappa shape index (κ3) is 2.02. The van der Waals surface area contributed by atoms with Crippen molar-refractivity contribution in [3.8, 4) is 0 Å². The summed E-state index contributed by atoms with van der Waals surface area (Å²) in [6, 6.07) is 0. The van der Waals surface area contributed by atoms with Crippen molar-refractivity contribution < 1.29 is 4.79 Å². The first-order valence-electron chi connectivity index (χ1n) is 6.48. The number of nitrogens with zero attached hydrogens (tertiary/aromatic N) is 1. The van der Waals surface area contributed by atoms with Gasteiger partial charge in [0.15, 0.2) is 0 Å². The lowest BCUT2D eigenvalue weighted by atomic mass is 9.64. The average Bonchev–Trinajstić information content (AvgIpc) is 2.25. The molecule has 1 heterocycles. The van der Waals surface area contributed by atoms with E-state index in [4.69, 9.17) is 0 Å². The molecule has 2 nitrogen and oxygen atoms in total. The van der Waals surface area contributed by atoms with Crippen LogP contribution in [0, 0.1) is 17.3 Å². The molecule has 0 atom stereocenters. The number of amides is 1. The van der Waals surface area contributed by atoms with Gasteiger partial charge in [-0.15, -0.1) is 0 Å². The second-order valence-corrected chi connectivity index (χ2v) is 5.98. The molecule has 90 valence electrons. The fourth-order valence-electron chi connectivity index (χ4n) is 3.28. The van der Waals surface area contributed by atoms with E-state index in [2.05, 4.69) is 20.4 Å². The monoisotopic (exact) mass is 221 g/mol. The molecule has 0 aromatic carbocycles. The lowest BCUT2D eigenvalue weighted by Crippen LogP contribution is -2.59. The van der Waals surface area contributed by atoms with Gasteiger partial charge in [-0.1, -0.05) is 20.4 Å². The molecule has 16 heavy (non-hydrogen) atoms. The van der Waals surface area contributed by atoms with Crippen LogP contribution in [0.1, 0.15) is 39.5 Å². The second-order valence-electron chi connectivity index (χ2n) is 5.98. The van der Waals surface area contributed by atoms with Gasteiger partial charge in [0, 0.05) is 18.5 Å². The van der Waals surface area contributed by atoms with Gasteiger partial charge in [0.25, 0.3) is 0 Å². The Labute approximate surface area is 98.7 Å². The van der Waals surface area contributed by atoms with Gasteiger partial charge in [0.1, 0.15) is 0 Å². The molecule has 0 radical (unpaired) electrons. The first-order valence-corrected chi connectivity index (χ1v) is 6.48. The number of hydrogen-bond donors (Lipinski definition) is 0. The van der Waals surface area contributed by atoms with Crippen LogP contribution in [0.15, 0.2) is 12.7 Å². The summed E-state index contributed by atoms with van der Waals surface area (Å²) in [6.07, 6.45) is 6.78. The highest BCUT2D eigenvalue weighted by Gasteiger charge is 2.46. The van der Waals surface area contributed by atoms with Gasteiger partial charge in [0.2, 0.25) is 5.91 Å². The molecule has 1 saturated carbocycles. The van der Waals surface area contributed by atoms with Gasteiger partial charge >= 0.3 is 0 Å². The van der Waals surface area contributed by atoms with Crippen molar-refractivity contribution >= 4 is 5.91 Å². The molecule has 1 aliphatic carbocycles. The van der Waals surface area contributed by atoms with Crippen LogP contribution in [-0.4, -0.2) is 23.9 Å². The van der Waals surface area contributed by atoms with Crippen molar-refractivity contribution in [3.05, 3.63) is 12.7 Å². The first-order chi connectivity index (χ1) is 7.56. The van der Waals surface area contributed by atoms with E-state index in [1.165, 1.54) is 31.8 Å². The molecule has 2 fully saturated rings. The van der Waals surface area contributed by atoms with Crippen LogP contribution in [-0.2, 0) is 4.79 Å². The van der Waals surface area contributed by atoms with Crippen LogP contribution >= 0.6 is 0 Å². The van der Waals surface area contributed by atoms with Gasteiger partial charge in [-0.25, -0.2) is 0 Å². The predicted molar refractivity (Wildman–Crippen MR) is 66.0 cm³/mol. The van der Waals surface area contributed by atoms with Crippen molar-refractivity contribution in [2.24, 2.45) is 17.3 Å². The molecular weight excluding hydrogens is 198 g/mol. The summed E-state index contributed by atoms with van der Waals surface area (Å²) in [5.41, 5.74) is 0.476. The maximum atomic E-state index is 11.4. The maximum Gasteiger partial charge on any atom is 0.245 e. The first kappa shape index (κ1) is 11.7. The minimum absolute atomic E-state index is 0.108. The largest absolute Gasteiger partial charge is 0.338 e. The van der Waals surface area contributed by atoms with Crippen LogP contribution in [0.3, 0.4) is 0 Å². The summed E-state index contributed by atoms with van der Waals surface area (Å²) in [5, 5.41) is 0. The van der Waals surface area contributed by atoms with Crippen LogP contribution in [0.4, 0.5) is 0 Å². The number of hydrogen-bond acceptors (Lipinski definition) is 1. The van der Waals surface area contributed by atoms with Gasteiger partial charge in [-0.2, -0.15) is 0 Å². The Balaban J connectivity index is 1.83.